The van der Waals surface area contributed by atoms with E-state index in [1.54, 1.807) is 18.5 Å². The van der Waals surface area contributed by atoms with Crippen LogP contribution in [0.2, 0.25) is 0 Å². The highest BCUT2D eigenvalue weighted by atomic mass is 79.9. The van der Waals surface area contributed by atoms with E-state index in [2.05, 4.69) is 30.6 Å². The number of carbonyl (C=O) groups excluding carboxylic acids is 1. The molecule has 72 valence electrons. The molecule has 0 aliphatic carbocycles. The molecule has 2 aromatic heterocycles. The molecule has 2 rings (SSSR count). The van der Waals surface area contributed by atoms with Gasteiger partial charge in [0.1, 0.15) is 5.65 Å². The van der Waals surface area contributed by atoms with Crippen LogP contribution in [0.3, 0.4) is 0 Å². The molecule has 0 spiro atoms. The number of hydrogen-bond acceptors (Lipinski definition) is 3. The topological polar surface area (TPSA) is 55.0 Å². The lowest BCUT2D eigenvalue weighted by molar-refractivity contribution is 0.0603. The van der Waals surface area contributed by atoms with Crippen molar-refractivity contribution in [2.75, 3.05) is 7.11 Å². The minimum atomic E-state index is -0.370. The molecule has 14 heavy (non-hydrogen) atoms. The van der Waals surface area contributed by atoms with Crippen LogP contribution in [0.1, 0.15) is 10.4 Å². The molecule has 0 fully saturated rings. The average molecular weight is 255 g/mol. The van der Waals surface area contributed by atoms with E-state index in [4.69, 9.17) is 0 Å². The summed E-state index contributed by atoms with van der Waals surface area (Å²) in [5.74, 6) is -0.370. The number of nitrogens with zero attached hydrogens (tertiary/aromatic N) is 1. The Kier molecular flexibility index (Phi) is 2.25. The highest BCUT2D eigenvalue weighted by Crippen LogP contribution is 2.25. The lowest BCUT2D eigenvalue weighted by Crippen LogP contribution is -1.99. The third-order valence-electron chi connectivity index (χ3n) is 1.93. The molecule has 4 nitrogen and oxygen atoms in total. The van der Waals surface area contributed by atoms with Crippen LogP contribution in [-0.4, -0.2) is 23.0 Å². The van der Waals surface area contributed by atoms with Crippen LogP contribution < -0.4 is 0 Å². The van der Waals surface area contributed by atoms with Crippen molar-refractivity contribution < 1.29 is 9.53 Å². The Morgan fingerprint density at radius 2 is 2.43 bits per heavy atom. The second kappa shape index (κ2) is 3.42. The van der Waals surface area contributed by atoms with Gasteiger partial charge in [-0.15, -0.1) is 0 Å². The molecular formula is C9H7BrN2O2. The second-order valence-electron chi connectivity index (χ2n) is 2.71. The summed E-state index contributed by atoms with van der Waals surface area (Å²) >= 11 is 3.36. The molecule has 0 radical (unpaired) electrons. The number of rotatable bonds is 1. The maximum atomic E-state index is 11.3. The predicted octanol–water partition coefficient (Wildman–Crippen LogP) is 2.11. The highest BCUT2D eigenvalue weighted by Gasteiger charge is 2.14. The molecule has 2 heterocycles. The molecule has 0 atom stereocenters. The highest BCUT2D eigenvalue weighted by molar-refractivity contribution is 9.10. The van der Waals surface area contributed by atoms with Crippen molar-refractivity contribution in [3.63, 3.8) is 0 Å². The normalized spacial score (nSPS) is 10.4. The zero-order valence-corrected chi connectivity index (χ0v) is 8.96. The average Bonchev–Trinajstić information content (AvgIpc) is 2.62. The van der Waals surface area contributed by atoms with Crippen LogP contribution in [0, 0.1) is 0 Å². The molecule has 0 bridgehead atoms. The molecule has 0 amide bonds. The largest absolute Gasteiger partial charge is 0.465 e. The number of fused-ring (bicyclic) bond motifs is 1. The molecule has 2 aromatic rings. The zero-order chi connectivity index (χ0) is 10.1. The molecule has 5 heteroatoms. The lowest BCUT2D eigenvalue weighted by Gasteiger charge is -1.97. The van der Waals surface area contributed by atoms with Gasteiger partial charge >= 0.3 is 5.97 Å². The summed E-state index contributed by atoms with van der Waals surface area (Å²) in [6, 6.07) is 1.78. The summed E-state index contributed by atoms with van der Waals surface area (Å²) in [6.45, 7) is 0. The van der Waals surface area contributed by atoms with Crippen LogP contribution in [-0.2, 0) is 4.74 Å². The molecule has 0 aliphatic rings. The SMILES string of the molecule is COC(=O)c1c[nH]c2nccc(Br)c12. The van der Waals surface area contributed by atoms with Crippen molar-refractivity contribution in [1.29, 1.82) is 0 Å². The minimum Gasteiger partial charge on any atom is -0.465 e. The number of ether oxygens (including phenoxy) is 1. The molecular weight excluding hydrogens is 248 g/mol. The van der Waals surface area contributed by atoms with Gasteiger partial charge in [-0.2, -0.15) is 0 Å². The van der Waals surface area contributed by atoms with Crippen molar-refractivity contribution in [1.82, 2.24) is 9.97 Å². The summed E-state index contributed by atoms with van der Waals surface area (Å²) in [5.41, 5.74) is 1.15. The predicted molar refractivity (Wildman–Crippen MR) is 55.1 cm³/mol. The Balaban J connectivity index is 2.73. The van der Waals surface area contributed by atoms with E-state index in [0.717, 1.165) is 9.86 Å². The van der Waals surface area contributed by atoms with Crippen LogP contribution >= 0.6 is 15.9 Å². The fourth-order valence-corrected chi connectivity index (χ4v) is 1.81. The van der Waals surface area contributed by atoms with E-state index in [9.17, 15) is 4.79 Å². The van der Waals surface area contributed by atoms with Crippen molar-refractivity contribution in [3.8, 4) is 0 Å². The van der Waals surface area contributed by atoms with Crippen molar-refractivity contribution in [2.45, 2.75) is 0 Å². The quantitative estimate of drug-likeness (QED) is 0.794. The van der Waals surface area contributed by atoms with Gasteiger partial charge in [-0.3, -0.25) is 0 Å². The fourth-order valence-electron chi connectivity index (χ4n) is 1.29. The molecule has 1 N–H and O–H groups in total. The summed E-state index contributed by atoms with van der Waals surface area (Å²) in [5, 5.41) is 0.749. The van der Waals surface area contributed by atoms with Crippen molar-refractivity contribution in [2.24, 2.45) is 0 Å². The van der Waals surface area contributed by atoms with Gasteiger partial charge in [0.25, 0.3) is 0 Å². The third-order valence-corrected chi connectivity index (χ3v) is 2.59. The van der Waals surface area contributed by atoms with Gasteiger partial charge in [0.05, 0.1) is 12.7 Å². The number of aromatic nitrogens is 2. The Labute approximate surface area is 88.4 Å². The smallest absolute Gasteiger partial charge is 0.340 e. The van der Waals surface area contributed by atoms with Gasteiger partial charge in [-0.1, -0.05) is 0 Å². The van der Waals surface area contributed by atoms with Crippen LogP contribution in [0.25, 0.3) is 11.0 Å². The maximum absolute atomic E-state index is 11.3. The van der Waals surface area contributed by atoms with E-state index in [-0.39, 0.29) is 5.97 Å². The number of aromatic amines is 1. The first-order valence-corrected chi connectivity index (χ1v) is 4.73. The Morgan fingerprint density at radius 3 is 3.14 bits per heavy atom. The lowest BCUT2D eigenvalue weighted by atomic mass is 10.2. The number of pyridine rings is 1. The summed E-state index contributed by atoms with van der Waals surface area (Å²) < 4.78 is 5.47. The molecule has 0 aliphatic heterocycles. The number of carbonyl (C=O) groups is 1. The Bertz CT molecular complexity index is 493. The van der Waals surface area contributed by atoms with E-state index in [1.807, 2.05) is 0 Å². The number of esters is 1. The van der Waals surface area contributed by atoms with Gasteiger partial charge in [0.2, 0.25) is 0 Å². The monoisotopic (exact) mass is 254 g/mol. The van der Waals surface area contributed by atoms with Crippen LogP contribution in [0.5, 0.6) is 0 Å². The number of nitrogens with one attached hydrogen (secondary N) is 1. The van der Waals surface area contributed by atoms with Crippen LogP contribution in [0.4, 0.5) is 0 Å². The van der Waals surface area contributed by atoms with E-state index >= 15 is 0 Å². The van der Waals surface area contributed by atoms with Crippen molar-refractivity contribution >= 4 is 32.9 Å². The Hall–Kier alpha value is -1.36. The number of H-pyrrole nitrogens is 1. The van der Waals surface area contributed by atoms with Gasteiger partial charge in [0, 0.05) is 22.3 Å². The minimum absolute atomic E-state index is 0.370. The molecule has 0 saturated carbocycles. The van der Waals surface area contributed by atoms with Gasteiger partial charge in [-0.25, -0.2) is 9.78 Å². The number of halogens is 1. The standard InChI is InChI=1S/C9H7BrN2O2/c1-14-9(13)5-4-12-8-7(5)6(10)2-3-11-8/h2-4H,1H3,(H,11,12). The Morgan fingerprint density at radius 1 is 1.64 bits per heavy atom. The van der Waals surface area contributed by atoms with Crippen molar-refractivity contribution in [3.05, 3.63) is 28.5 Å². The first-order valence-electron chi connectivity index (χ1n) is 3.94. The van der Waals surface area contributed by atoms with E-state index < -0.39 is 0 Å². The summed E-state index contributed by atoms with van der Waals surface area (Å²) in [4.78, 5) is 18.3. The number of methoxy groups -OCH3 is 1. The van der Waals surface area contributed by atoms with Crippen LogP contribution in [0.15, 0.2) is 22.9 Å². The van der Waals surface area contributed by atoms with E-state index in [0.29, 0.717) is 11.2 Å². The molecule has 0 unspecified atom stereocenters. The first-order chi connectivity index (χ1) is 6.74. The third kappa shape index (κ3) is 1.29. The van der Waals surface area contributed by atoms with E-state index in [1.165, 1.54) is 7.11 Å². The van der Waals surface area contributed by atoms with Gasteiger partial charge in [-0.05, 0) is 22.0 Å². The first kappa shape index (κ1) is 9.21. The maximum Gasteiger partial charge on any atom is 0.340 e. The summed E-state index contributed by atoms with van der Waals surface area (Å²) in [7, 11) is 1.35. The summed E-state index contributed by atoms with van der Waals surface area (Å²) in [6.07, 6.45) is 3.25. The fraction of sp³-hybridized carbons (Fsp3) is 0.111. The second-order valence-corrected chi connectivity index (χ2v) is 3.56. The zero-order valence-electron chi connectivity index (χ0n) is 7.37. The number of hydrogen-bond donors (Lipinski definition) is 1. The van der Waals surface area contributed by atoms with Gasteiger partial charge < -0.3 is 9.72 Å². The van der Waals surface area contributed by atoms with Gasteiger partial charge in [0.15, 0.2) is 0 Å². The molecule has 0 aromatic carbocycles. The molecule has 0 saturated heterocycles.